The van der Waals surface area contributed by atoms with Gasteiger partial charge in [-0.05, 0) is 47.6 Å². The predicted octanol–water partition coefficient (Wildman–Crippen LogP) is 0.704. The number of carboxylic acids is 1. The van der Waals surface area contributed by atoms with Crippen LogP contribution in [0.5, 0.6) is 5.75 Å². The minimum absolute atomic E-state index is 0. The topological polar surface area (TPSA) is 69.6 Å². The maximum atomic E-state index is 10.5. The second-order valence-electron chi connectivity index (χ2n) is 7.65. The summed E-state index contributed by atoms with van der Waals surface area (Å²) in [5, 5.41) is 21.0. The van der Waals surface area contributed by atoms with Crippen molar-refractivity contribution < 1.29 is 49.3 Å². The number of carbonyl (C=O) groups is 1. The van der Waals surface area contributed by atoms with Crippen LogP contribution in [0.25, 0.3) is 0 Å². The molecule has 1 aliphatic rings. The molecule has 1 unspecified atom stereocenters. The fourth-order valence-electron chi connectivity index (χ4n) is 3.92. The van der Waals surface area contributed by atoms with Crippen LogP contribution in [0, 0.1) is 0 Å². The first-order chi connectivity index (χ1) is 14.1. The average Bonchev–Trinajstić information content (AvgIpc) is 3.25. The third-order valence-corrected chi connectivity index (χ3v) is 6.48. The minimum atomic E-state index is -1.05. The van der Waals surface area contributed by atoms with Gasteiger partial charge in [0.1, 0.15) is 12.4 Å². The van der Waals surface area contributed by atoms with E-state index in [1.165, 1.54) is 43.0 Å². The maximum Gasteiger partial charge on any atom is 1.00 e. The van der Waals surface area contributed by atoms with Gasteiger partial charge in [-0.3, -0.25) is 0 Å². The van der Waals surface area contributed by atoms with Crippen LogP contribution in [0.1, 0.15) is 54.7 Å². The van der Waals surface area contributed by atoms with E-state index in [1.54, 1.807) is 0 Å². The van der Waals surface area contributed by atoms with E-state index in [4.69, 9.17) is 4.74 Å². The van der Waals surface area contributed by atoms with Crippen molar-refractivity contribution in [1.82, 2.24) is 0 Å². The van der Waals surface area contributed by atoms with Gasteiger partial charge < -0.3 is 19.7 Å². The van der Waals surface area contributed by atoms with Crippen molar-refractivity contribution in [2.45, 2.75) is 57.2 Å². The van der Waals surface area contributed by atoms with E-state index in [0.29, 0.717) is 30.5 Å². The van der Waals surface area contributed by atoms with Gasteiger partial charge in [0.25, 0.3) is 0 Å². The molecule has 0 aromatic heterocycles. The molecule has 3 rings (SSSR count). The van der Waals surface area contributed by atoms with Crippen LogP contribution in [0.2, 0.25) is 0 Å². The van der Waals surface area contributed by atoms with E-state index in [9.17, 15) is 15.0 Å². The molecule has 0 saturated heterocycles. The molecule has 2 aromatic rings. The zero-order valence-electron chi connectivity index (χ0n) is 17.7. The van der Waals surface area contributed by atoms with Gasteiger partial charge in [-0.15, -0.1) is 0 Å². The number of aliphatic hydroxyl groups is 1. The Kier molecular flexibility index (Phi) is 11.3. The number of thioether (sulfide) groups is 1. The first-order valence-electron chi connectivity index (χ1n) is 10.4. The molecule has 0 bridgehead atoms. The van der Waals surface area contributed by atoms with Crippen molar-refractivity contribution in [1.29, 1.82) is 0 Å². The maximum absolute atomic E-state index is 10.5. The summed E-state index contributed by atoms with van der Waals surface area (Å²) in [4.78, 5) is 10.5. The fourth-order valence-corrected chi connectivity index (χ4v) is 4.78. The molecule has 1 fully saturated rings. The van der Waals surface area contributed by atoms with Crippen LogP contribution in [0.4, 0.5) is 0 Å². The summed E-state index contributed by atoms with van der Waals surface area (Å²) in [6.45, 7) is 0.508. The SMILES string of the molecule is O=C([O-])CCSCC(O)Cc1cccc(C2CCCC2)c1OCc1ccccc1.[Na+]. The molecule has 4 nitrogen and oxygen atoms in total. The number of rotatable bonds is 11. The number of aliphatic carboxylic acids is 1. The van der Waals surface area contributed by atoms with Gasteiger partial charge in [0.2, 0.25) is 0 Å². The van der Waals surface area contributed by atoms with E-state index in [1.807, 2.05) is 24.3 Å². The monoisotopic (exact) mass is 436 g/mol. The molecule has 0 spiro atoms. The van der Waals surface area contributed by atoms with Crippen LogP contribution < -0.4 is 39.4 Å². The Labute approximate surface area is 205 Å². The van der Waals surface area contributed by atoms with E-state index in [0.717, 1.165) is 16.9 Å². The van der Waals surface area contributed by atoms with Gasteiger partial charge in [-0.25, -0.2) is 0 Å². The third-order valence-electron chi connectivity index (χ3n) is 5.36. The van der Waals surface area contributed by atoms with Gasteiger partial charge in [-0.2, -0.15) is 11.8 Å². The molecule has 0 heterocycles. The minimum Gasteiger partial charge on any atom is -0.550 e. The number of aliphatic hydroxyl groups excluding tert-OH is 1. The molecule has 1 atom stereocenters. The molecule has 1 aliphatic carbocycles. The Morgan fingerprint density at radius 2 is 1.87 bits per heavy atom. The van der Waals surface area contributed by atoms with Crippen molar-refractivity contribution in [3.05, 3.63) is 65.2 Å². The Morgan fingerprint density at radius 3 is 2.57 bits per heavy atom. The Hall–Kier alpha value is -0.980. The summed E-state index contributed by atoms with van der Waals surface area (Å²) < 4.78 is 6.32. The van der Waals surface area contributed by atoms with Crippen LogP contribution in [-0.4, -0.2) is 28.7 Å². The molecule has 0 amide bonds. The average molecular weight is 437 g/mol. The zero-order valence-corrected chi connectivity index (χ0v) is 20.5. The smallest absolute Gasteiger partial charge is 0.550 e. The van der Waals surface area contributed by atoms with E-state index < -0.39 is 12.1 Å². The number of carboxylic acid groups (broad SMARTS) is 1. The molecule has 30 heavy (non-hydrogen) atoms. The second kappa shape index (κ2) is 13.4. The van der Waals surface area contributed by atoms with E-state index >= 15 is 0 Å². The van der Waals surface area contributed by atoms with E-state index in [2.05, 4.69) is 24.3 Å². The largest absolute Gasteiger partial charge is 1.00 e. The summed E-state index contributed by atoms with van der Waals surface area (Å²) in [6.07, 6.45) is 4.86. The normalized spacial score (nSPS) is 14.8. The Morgan fingerprint density at radius 1 is 1.13 bits per heavy atom. The number of hydrogen-bond acceptors (Lipinski definition) is 5. The van der Waals surface area contributed by atoms with Gasteiger partial charge >= 0.3 is 29.6 Å². The first kappa shape index (κ1) is 25.3. The fraction of sp³-hybridized carbons (Fsp3) is 0.458. The van der Waals surface area contributed by atoms with Crippen molar-refractivity contribution in [3.63, 3.8) is 0 Å². The summed E-state index contributed by atoms with van der Waals surface area (Å²) in [6, 6.07) is 16.4. The quantitative estimate of drug-likeness (QED) is 0.415. The molecule has 1 N–H and O–H groups in total. The summed E-state index contributed by atoms with van der Waals surface area (Å²) in [7, 11) is 0. The standard InChI is InChI=1S/C24H30O4S.Na/c25-21(17-29-14-13-23(26)27)15-20-11-6-12-22(19-9-4-5-10-19)24(20)28-16-18-7-2-1-3-8-18;/h1-3,6-8,11-12,19,21,25H,4-5,9-10,13-17H2,(H,26,27);/q;+1/p-1. The number of ether oxygens (including phenoxy) is 1. The van der Waals surface area contributed by atoms with Crippen LogP contribution in [0.15, 0.2) is 48.5 Å². The van der Waals surface area contributed by atoms with Crippen LogP contribution >= 0.6 is 11.8 Å². The molecular weight excluding hydrogens is 407 g/mol. The van der Waals surface area contributed by atoms with Crippen molar-refractivity contribution in [2.24, 2.45) is 0 Å². The van der Waals surface area contributed by atoms with Gasteiger partial charge in [0.05, 0.1) is 6.10 Å². The van der Waals surface area contributed by atoms with Crippen molar-refractivity contribution in [3.8, 4) is 5.75 Å². The molecule has 0 radical (unpaired) electrons. The number of benzene rings is 2. The van der Waals surface area contributed by atoms with Gasteiger partial charge in [-0.1, -0.05) is 61.4 Å². The molecule has 2 aromatic carbocycles. The Bertz CT molecular complexity index is 778. The van der Waals surface area contributed by atoms with Crippen molar-refractivity contribution >= 4 is 17.7 Å². The summed E-state index contributed by atoms with van der Waals surface area (Å²) in [5.74, 6) is 1.35. The van der Waals surface area contributed by atoms with Crippen molar-refractivity contribution in [2.75, 3.05) is 11.5 Å². The summed E-state index contributed by atoms with van der Waals surface area (Å²) >= 11 is 1.44. The molecule has 1 saturated carbocycles. The molecule has 156 valence electrons. The van der Waals surface area contributed by atoms with Gasteiger partial charge in [0.15, 0.2) is 0 Å². The molecular formula is C24H29NaO4S. The van der Waals surface area contributed by atoms with Crippen LogP contribution in [0.3, 0.4) is 0 Å². The number of carbonyl (C=O) groups excluding carboxylic acids is 1. The zero-order chi connectivity index (χ0) is 20.5. The number of hydrogen-bond donors (Lipinski definition) is 1. The third kappa shape index (κ3) is 7.93. The van der Waals surface area contributed by atoms with E-state index in [-0.39, 0.29) is 36.0 Å². The predicted molar refractivity (Wildman–Crippen MR) is 115 cm³/mol. The van der Waals surface area contributed by atoms with Gasteiger partial charge in [0, 0.05) is 18.1 Å². The molecule has 6 heteroatoms. The Balaban J connectivity index is 0.00000320. The first-order valence-corrected chi connectivity index (χ1v) is 11.5. The van der Waals surface area contributed by atoms with Crippen LogP contribution in [-0.2, 0) is 17.8 Å². The second-order valence-corrected chi connectivity index (χ2v) is 8.80. The molecule has 0 aliphatic heterocycles. The summed E-state index contributed by atoms with van der Waals surface area (Å²) in [5.41, 5.74) is 3.41. The number of para-hydroxylation sites is 1.